The van der Waals surface area contributed by atoms with Crippen molar-refractivity contribution in [1.82, 2.24) is 16.0 Å². The molecular formula is C19H24ClIN4O2. The lowest BCUT2D eigenvalue weighted by atomic mass is 10.2. The first-order valence-corrected chi connectivity index (χ1v) is 8.61. The second-order valence-corrected chi connectivity index (χ2v) is 5.90. The van der Waals surface area contributed by atoms with E-state index in [1.165, 1.54) is 0 Å². The van der Waals surface area contributed by atoms with Gasteiger partial charge in [-0.3, -0.25) is 9.79 Å². The number of hydrogen-bond acceptors (Lipinski definition) is 3. The quantitative estimate of drug-likeness (QED) is 0.235. The first-order valence-electron chi connectivity index (χ1n) is 8.23. The Morgan fingerprint density at radius 3 is 2.22 bits per heavy atom. The van der Waals surface area contributed by atoms with E-state index in [1.54, 1.807) is 38.4 Å². The summed E-state index contributed by atoms with van der Waals surface area (Å²) in [6.07, 6.45) is 0. The molecule has 0 aromatic heterocycles. The van der Waals surface area contributed by atoms with Crippen molar-refractivity contribution in [3.8, 4) is 5.75 Å². The Hall–Kier alpha value is -2.00. The molecule has 0 spiro atoms. The van der Waals surface area contributed by atoms with E-state index in [0.717, 1.165) is 11.3 Å². The Labute approximate surface area is 181 Å². The van der Waals surface area contributed by atoms with Crippen LogP contribution in [-0.4, -0.2) is 39.1 Å². The van der Waals surface area contributed by atoms with Crippen molar-refractivity contribution in [3.05, 3.63) is 64.7 Å². The fourth-order valence-corrected chi connectivity index (χ4v) is 2.34. The molecule has 0 saturated carbocycles. The lowest BCUT2D eigenvalue weighted by Gasteiger charge is -2.12. The predicted octanol–water partition coefficient (Wildman–Crippen LogP) is 3.06. The number of nitrogens with zero attached hydrogens (tertiary/aromatic N) is 1. The average molecular weight is 503 g/mol. The van der Waals surface area contributed by atoms with Crippen LogP contribution >= 0.6 is 35.6 Å². The Bertz CT molecular complexity index is 736. The van der Waals surface area contributed by atoms with Gasteiger partial charge in [0.2, 0.25) is 0 Å². The van der Waals surface area contributed by atoms with Crippen LogP contribution in [0.5, 0.6) is 5.75 Å². The zero-order valence-corrected chi connectivity index (χ0v) is 18.4. The van der Waals surface area contributed by atoms with E-state index < -0.39 is 0 Å². The highest BCUT2D eigenvalue weighted by Crippen LogP contribution is 2.11. The number of carbonyl (C=O) groups excluding carboxylic acids is 1. The molecule has 0 atom stereocenters. The largest absolute Gasteiger partial charge is 0.497 e. The molecule has 2 aromatic rings. The number of ether oxygens (including phenoxy) is 1. The summed E-state index contributed by atoms with van der Waals surface area (Å²) in [6, 6.07) is 14.6. The maximum Gasteiger partial charge on any atom is 0.251 e. The summed E-state index contributed by atoms with van der Waals surface area (Å²) in [7, 11) is 3.35. The zero-order chi connectivity index (χ0) is 18.8. The van der Waals surface area contributed by atoms with Gasteiger partial charge in [-0.2, -0.15) is 0 Å². The SMILES string of the molecule is CN=C(NCCNC(=O)c1ccc(Cl)cc1)NCc1ccc(OC)cc1.I. The van der Waals surface area contributed by atoms with Crippen molar-refractivity contribution < 1.29 is 9.53 Å². The lowest BCUT2D eigenvalue weighted by Crippen LogP contribution is -2.41. The summed E-state index contributed by atoms with van der Waals surface area (Å²) in [5.41, 5.74) is 1.70. The third kappa shape index (κ3) is 8.04. The first kappa shape index (κ1) is 23.0. The summed E-state index contributed by atoms with van der Waals surface area (Å²) >= 11 is 5.81. The van der Waals surface area contributed by atoms with Gasteiger partial charge >= 0.3 is 0 Å². The van der Waals surface area contributed by atoms with E-state index in [2.05, 4.69) is 20.9 Å². The van der Waals surface area contributed by atoms with Gasteiger partial charge in [0.15, 0.2) is 5.96 Å². The molecule has 27 heavy (non-hydrogen) atoms. The standard InChI is InChI=1S/C19H23ClN4O2.HI/c1-21-19(24-13-14-3-9-17(26-2)10-4-14)23-12-11-22-18(25)15-5-7-16(20)8-6-15;/h3-10H,11-13H2,1-2H3,(H,22,25)(H2,21,23,24);1H. The smallest absolute Gasteiger partial charge is 0.251 e. The molecule has 0 heterocycles. The minimum atomic E-state index is -0.135. The molecule has 1 amide bonds. The van der Waals surface area contributed by atoms with Crippen molar-refractivity contribution >= 4 is 47.4 Å². The average Bonchev–Trinajstić information content (AvgIpc) is 2.68. The number of aliphatic imine (C=N–C) groups is 1. The minimum absolute atomic E-state index is 0. The molecule has 0 aliphatic heterocycles. The van der Waals surface area contributed by atoms with Crippen LogP contribution in [0.2, 0.25) is 5.02 Å². The van der Waals surface area contributed by atoms with Gasteiger partial charge in [0.25, 0.3) is 5.91 Å². The molecule has 2 rings (SSSR count). The molecule has 0 radical (unpaired) electrons. The normalized spacial score (nSPS) is 10.6. The first-order chi connectivity index (χ1) is 12.6. The minimum Gasteiger partial charge on any atom is -0.497 e. The molecule has 2 aromatic carbocycles. The van der Waals surface area contributed by atoms with Crippen LogP contribution in [0.15, 0.2) is 53.5 Å². The summed E-state index contributed by atoms with van der Waals surface area (Å²) < 4.78 is 5.14. The highest BCUT2D eigenvalue weighted by Gasteiger charge is 2.04. The summed E-state index contributed by atoms with van der Waals surface area (Å²) in [5.74, 6) is 1.36. The van der Waals surface area contributed by atoms with Gasteiger partial charge in [0.05, 0.1) is 7.11 Å². The summed E-state index contributed by atoms with van der Waals surface area (Å²) in [4.78, 5) is 16.2. The maximum absolute atomic E-state index is 12.0. The van der Waals surface area contributed by atoms with Crippen molar-refractivity contribution in [3.63, 3.8) is 0 Å². The lowest BCUT2D eigenvalue weighted by molar-refractivity contribution is 0.0954. The second kappa shape index (κ2) is 12.4. The fourth-order valence-electron chi connectivity index (χ4n) is 2.21. The Morgan fingerprint density at radius 1 is 1.00 bits per heavy atom. The number of rotatable bonds is 7. The molecule has 0 aliphatic rings. The van der Waals surface area contributed by atoms with Crippen LogP contribution in [-0.2, 0) is 6.54 Å². The number of amides is 1. The maximum atomic E-state index is 12.0. The van der Waals surface area contributed by atoms with E-state index in [0.29, 0.717) is 36.2 Å². The van der Waals surface area contributed by atoms with Gasteiger partial charge in [-0.25, -0.2) is 0 Å². The van der Waals surface area contributed by atoms with E-state index in [1.807, 2.05) is 24.3 Å². The van der Waals surface area contributed by atoms with Crippen LogP contribution in [0, 0.1) is 0 Å². The number of benzene rings is 2. The number of hydrogen-bond donors (Lipinski definition) is 3. The zero-order valence-electron chi connectivity index (χ0n) is 15.3. The number of methoxy groups -OCH3 is 1. The van der Waals surface area contributed by atoms with Crippen molar-refractivity contribution in [2.75, 3.05) is 27.2 Å². The van der Waals surface area contributed by atoms with Gasteiger partial charge < -0.3 is 20.7 Å². The van der Waals surface area contributed by atoms with E-state index >= 15 is 0 Å². The number of nitrogens with one attached hydrogen (secondary N) is 3. The molecule has 146 valence electrons. The molecule has 3 N–H and O–H groups in total. The Kier molecular flexibility index (Phi) is 10.6. The predicted molar refractivity (Wildman–Crippen MR) is 120 cm³/mol. The van der Waals surface area contributed by atoms with Crippen LogP contribution in [0.1, 0.15) is 15.9 Å². The third-order valence-electron chi connectivity index (χ3n) is 3.65. The molecular weight excluding hydrogens is 479 g/mol. The van der Waals surface area contributed by atoms with Crippen LogP contribution in [0.4, 0.5) is 0 Å². The number of halogens is 2. The van der Waals surface area contributed by atoms with Crippen molar-refractivity contribution in [1.29, 1.82) is 0 Å². The number of carbonyl (C=O) groups is 1. The van der Waals surface area contributed by atoms with E-state index in [-0.39, 0.29) is 29.9 Å². The molecule has 6 nitrogen and oxygen atoms in total. The Morgan fingerprint density at radius 2 is 1.63 bits per heavy atom. The van der Waals surface area contributed by atoms with E-state index in [9.17, 15) is 4.79 Å². The summed E-state index contributed by atoms with van der Waals surface area (Å²) in [6.45, 7) is 1.67. The molecule has 0 saturated heterocycles. The van der Waals surface area contributed by atoms with Crippen molar-refractivity contribution in [2.24, 2.45) is 4.99 Å². The van der Waals surface area contributed by atoms with Crippen LogP contribution in [0.3, 0.4) is 0 Å². The monoisotopic (exact) mass is 502 g/mol. The second-order valence-electron chi connectivity index (χ2n) is 5.46. The third-order valence-corrected chi connectivity index (χ3v) is 3.90. The highest BCUT2D eigenvalue weighted by atomic mass is 127. The van der Waals surface area contributed by atoms with Gasteiger partial charge in [0.1, 0.15) is 5.75 Å². The topological polar surface area (TPSA) is 74.8 Å². The molecule has 0 unspecified atom stereocenters. The number of guanidine groups is 1. The molecule has 0 bridgehead atoms. The van der Waals surface area contributed by atoms with E-state index in [4.69, 9.17) is 16.3 Å². The molecule has 0 fully saturated rings. The van der Waals surface area contributed by atoms with Gasteiger partial charge in [-0.1, -0.05) is 23.7 Å². The van der Waals surface area contributed by atoms with Crippen molar-refractivity contribution in [2.45, 2.75) is 6.54 Å². The van der Waals surface area contributed by atoms with Gasteiger partial charge in [-0.05, 0) is 42.0 Å². The highest BCUT2D eigenvalue weighted by molar-refractivity contribution is 14.0. The summed E-state index contributed by atoms with van der Waals surface area (Å²) in [5, 5.41) is 9.83. The Balaban J connectivity index is 0.00000364. The van der Waals surface area contributed by atoms with Gasteiger partial charge in [0, 0.05) is 37.3 Å². The fraction of sp³-hybridized carbons (Fsp3) is 0.263. The molecule has 0 aliphatic carbocycles. The molecule has 8 heteroatoms. The van der Waals surface area contributed by atoms with Crippen LogP contribution in [0.25, 0.3) is 0 Å². The van der Waals surface area contributed by atoms with Crippen LogP contribution < -0.4 is 20.7 Å². The van der Waals surface area contributed by atoms with Gasteiger partial charge in [-0.15, -0.1) is 24.0 Å².